The fraction of sp³-hybridized carbons (Fsp3) is 0.227. The van der Waals surface area contributed by atoms with Gasteiger partial charge in [0, 0.05) is 11.5 Å². The average Bonchev–Trinajstić information content (AvgIpc) is 2.66. The van der Waals surface area contributed by atoms with Crippen molar-refractivity contribution in [1.82, 2.24) is 0 Å². The molecule has 0 N–H and O–H groups in total. The van der Waals surface area contributed by atoms with Crippen molar-refractivity contribution in [3.05, 3.63) is 64.5 Å². The Morgan fingerprint density at radius 1 is 1.00 bits per heavy atom. The Labute approximate surface area is 157 Å². The average molecular weight is 366 g/mol. The Morgan fingerprint density at radius 3 is 2.48 bits per heavy atom. The standard InChI is InChI=1S/C22H22O5/c1-14(2)9-10-26-17-7-5-16-11-18(22(23)27-20(16)13-17)15-6-8-19(24-3)21(12-15)25-4/h5-9,11-13H,10H2,1-4H3. The second-order valence-corrected chi connectivity index (χ2v) is 6.31. The molecule has 0 spiro atoms. The van der Waals surface area contributed by atoms with Crippen molar-refractivity contribution in [2.75, 3.05) is 20.8 Å². The molecule has 0 saturated carbocycles. The number of fused-ring (bicyclic) bond motifs is 1. The number of methoxy groups -OCH3 is 2. The second-order valence-electron chi connectivity index (χ2n) is 6.31. The van der Waals surface area contributed by atoms with Crippen molar-refractivity contribution >= 4 is 11.0 Å². The molecule has 0 atom stereocenters. The van der Waals surface area contributed by atoms with Crippen molar-refractivity contribution in [3.8, 4) is 28.4 Å². The predicted octanol–water partition coefficient (Wildman–Crippen LogP) is 4.82. The fourth-order valence-corrected chi connectivity index (χ4v) is 2.69. The van der Waals surface area contributed by atoms with Crippen molar-refractivity contribution in [2.45, 2.75) is 13.8 Å². The maximum absolute atomic E-state index is 12.5. The minimum Gasteiger partial charge on any atom is -0.493 e. The number of rotatable bonds is 6. The van der Waals surface area contributed by atoms with E-state index in [0.29, 0.717) is 40.6 Å². The van der Waals surface area contributed by atoms with Gasteiger partial charge in [0.05, 0.1) is 19.8 Å². The third kappa shape index (κ3) is 4.14. The predicted molar refractivity (Wildman–Crippen MR) is 106 cm³/mol. The van der Waals surface area contributed by atoms with E-state index in [4.69, 9.17) is 18.6 Å². The summed E-state index contributed by atoms with van der Waals surface area (Å²) < 4.78 is 21.7. The lowest BCUT2D eigenvalue weighted by molar-refractivity contribution is 0.355. The summed E-state index contributed by atoms with van der Waals surface area (Å²) in [5.41, 5.74) is 2.41. The summed E-state index contributed by atoms with van der Waals surface area (Å²) in [7, 11) is 3.13. The van der Waals surface area contributed by atoms with E-state index >= 15 is 0 Å². The number of benzene rings is 2. The van der Waals surface area contributed by atoms with E-state index in [1.807, 2.05) is 38.1 Å². The van der Waals surface area contributed by atoms with Gasteiger partial charge in [0.25, 0.3) is 0 Å². The first-order valence-corrected chi connectivity index (χ1v) is 8.58. The van der Waals surface area contributed by atoms with Crippen LogP contribution in [0.1, 0.15) is 13.8 Å². The largest absolute Gasteiger partial charge is 0.493 e. The van der Waals surface area contributed by atoms with Crippen LogP contribution in [0.4, 0.5) is 0 Å². The lowest BCUT2D eigenvalue weighted by Crippen LogP contribution is -2.03. The second kappa shape index (κ2) is 7.99. The lowest BCUT2D eigenvalue weighted by atomic mass is 10.1. The van der Waals surface area contributed by atoms with Crippen LogP contribution in [0.2, 0.25) is 0 Å². The molecule has 1 aromatic heterocycles. The van der Waals surface area contributed by atoms with E-state index in [0.717, 1.165) is 5.39 Å². The van der Waals surface area contributed by atoms with E-state index in [9.17, 15) is 4.79 Å². The van der Waals surface area contributed by atoms with Crippen LogP contribution in [-0.2, 0) is 0 Å². The summed E-state index contributed by atoms with van der Waals surface area (Å²) in [4.78, 5) is 12.5. The van der Waals surface area contributed by atoms with Crippen molar-refractivity contribution in [3.63, 3.8) is 0 Å². The van der Waals surface area contributed by atoms with Gasteiger partial charge in [0.1, 0.15) is 17.9 Å². The first kappa shape index (κ1) is 18.6. The Bertz CT molecular complexity index is 1040. The van der Waals surface area contributed by atoms with Gasteiger partial charge in [-0.3, -0.25) is 0 Å². The lowest BCUT2D eigenvalue weighted by Gasteiger charge is -2.10. The van der Waals surface area contributed by atoms with Gasteiger partial charge < -0.3 is 18.6 Å². The zero-order valence-corrected chi connectivity index (χ0v) is 15.9. The van der Waals surface area contributed by atoms with Crippen LogP contribution in [-0.4, -0.2) is 20.8 Å². The first-order chi connectivity index (χ1) is 13.0. The van der Waals surface area contributed by atoms with E-state index in [-0.39, 0.29) is 0 Å². The molecule has 5 nitrogen and oxygen atoms in total. The molecule has 0 bridgehead atoms. The molecule has 27 heavy (non-hydrogen) atoms. The van der Waals surface area contributed by atoms with E-state index < -0.39 is 5.63 Å². The molecule has 0 aliphatic heterocycles. The van der Waals surface area contributed by atoms with Gasteiger partial charge in [-0.2, -0.15) is 0 Å². The van der Waals surface area contributed by atoms with Gasteiger partial charge >= 0.3 is 5.63 Å². The maximum atomic E-state index is 12.5. The van der Waals surface area contributed by atoms with Crippen LogP contribution >= 0.6 is 0 Å². The number of hydrogen-bond acceptors (Lipinski definition) is 5. The van der Waals surface area contributed by atoms with Crippen LogP contribution in [0.15, 0.2) is 63.3 Å². The molecular weight excluding hydrogens is 344 g/mol. The molecule has 3 rings (SSSR count). The highest BCUT2D eigenvalue weighted by Gasteiger charge is 2.12. The minimum atomic E-state index is -0.420. The highest BCUT2D eigenvalue weighted by molar-refractivity contribution is 5.83. The van der Waals surface area contributed by atoms with Crippen molar-refractivity contribution in [2.24, 2.45) is 0 Å². The fourth-order valence-electron chi connectivity index (χ4n) is 2.69. The Hall–Kier alpha value is -3.21. The Kier molecular flexibility index (Phi) is 5.50. The zero-order valence-electron chi connectivity index (χ0n) is 15.9. The minimum absolute atomic E-state index is 0.420. The van der Waals surface area contributed by atoms with Crippen LogP contribution in [0.5, 0.6) is 17.2 Å². The molecular formula is C22H22O5. The van der Waals surface area contributed by atoms with Crippen LogP contribution < -0.4 is 19.8 Å². The van der Waals surface area contributed by atoms with Gasteiger partial charge in [0.15, 0.2) is 11.5 Å². The summed E-state index contributed by atoms with van der Waals surface area (Å²) in [5.74, 6) is 1.81. The molecule has 140 valence electrons. The maximum Gasteiger partial charge on any atom is 0.344 e. The molecule has 1 heterocycles. The van der Waals surface area contributed by atoms with Crippen molar-refractivity contribution < 1.29 is 18.6 Å². The highest BCUT2D eigenvalue weighted by Crippen LogP contribution is 2.32. The van der Waals surface area contributed by atoms with Crippen LogP contribution in [0.25, 0.3) is 22.1 Å². The van der Waals surface area contributed by atoms with Gasteiger partial charge in [0.2, 0.25) is 0 Å². The molecule has 0 fully saturated rings. The molecule has 0 radical (unpaired) electrons. The molecule has 0 unspecified atom stereocenters. The summed E-state index contributed by atoms with van der Waals surface area (Å²) in [6.45, 7) is 4.50. The smallest absolute Gasteiger partial charge is 0.344 e. The van der Waals surface area contributed by atoms with Gasteiger partial charge in [-0.25, -0.2) is 4.79 Å². The summed E-state index contributed by atoms with van der Waals surface area (Å²) in [6, 6.07) is 12.6. The summed E-state index contributed by atoms with van der Waals surface area (Å²) >= 11 is 0. The topological polar surface area (TPSA) is 57.9 Å². The number of ether oxygens (including phenoxy) is 3. The molecule has 0 aliphatic rings. The quantitative estimate of drug-likeness (QED) is 0.462. The SMILES string of the molecule is COc1ccc(-c2cc3ccc(OCC=C(C)C)cc3oc2=O)cc1OC. The summed E-state index contributed by atoms with van der Waals surface area (Å²) in [5, 5.41) is 0.814. The van der Waals surface area contributed by atoms with Crippen LogP contribution in [0, 0.1) is 0 Å². The monoisotopic (exact) mass is 366 g/mol. The molecule has 3 aromatic rings. The van der Waals surface area contributed by atoms with Crippen molar-refractivity contribution in [1.29, 1.82) is 0 Å². The number of allylic oxidation sites excluding steroid dienone is 1. The molecule has 5 heteroatoms. The highest BCUT2D eigenvalue weighted by atomic mass is 16.5. The first-order valence-electron chi connectivity index (χ1n) is 8.58. The zero-order chi connectivity index (χ0) is 19.4. The van der Waals surface area contributed by atoms with E-state index in [1.165, 1.54) is 5.57 Å². The molecule has 0 aliphatic carbocycles. The van der Waals surface area contributed by atoms with Gasteiger partial charge in [-0.05, 0) is 55.8 Å². The van der Waals surface area contributed by atoms with E-state index in [1.54, 1.807) is 38.5 Å². The van der Waals surface area contributed by atoms with Crippen LogP contribution in [0.3, 0.4) is 0 Å². The van der Waals surface area contributed by atoms with Gasteiger partial charge in [-0.1, -0.05) is 11.6 Å². The normalized spacial score (nSPS) is 10.5. The Morgan fingerprint density at radius 2 is 1.78 bits per heavy atom. The Balaban J connectivity index is 1.98. The number of hydrogen-bond donors (Lipinski definition) is 0. The third-order valence-corrected chi connectivity index (χ3v) is 4.14. The molecule has 2 aromatic carbocycles. The summed E-state index contributed by atoms with van der Waals surface area (Å²) in [6.07, 6.45) is 1.99. The van der Waals surface area contributed by atoms with E-state index in [2.05, 4.69) is 0 Å². The molecule has 0 amide bonds. The third-order valence-electron chi connectivity index (χ3n) is 4.14. The molecule has 0 saturated heterocycles. The van der Waals surface area contributed by atoms with Gasteiger partial charge in [-0.15, -0.1) is 0 Å².